The summed E-state index contributed by atoms with van der Waals surface area (Å²) in [6.45, 7) is 5.61. The summed E-state index contributed by atoms with van der Waals surface area (Å²) < 4.78 is 10.7. The molecule has 38 heavy (non-hydrogen) atoms. The fourth-order valence-corrected chi connectivity index (χ4v) is 5.55. The van der Waals surface area contributed by atoms with Gasteiger partial charge in [0.25, 0.3) is 0 Å². The van der Waals surface area contributed by atoms with Gasteiger partial charge in [0.1, 0.15) is 5.75 Å². The second-order valence-corrected chi connectivity index (χ2v) is 10.5. The molecule has 0 unspecified atom stereocenters. The predicted molar refractivity (Wildman–Crippen MR) is 148 cm³/mol. The molecule has 3 heterocycles. The van der Waals surface area contributed by atoms with Crippen LogP contribution in [0.1, 0.15) is 37.7 Å². The summed E-state index contributed by atoms with van der Waals surface area (Å²) in [5, 5.41) is 7.31. The third-order valence-electron chi connectivity index (χ3n) is 7.92. The van der Waals surface area contributed by atoms with Crippen LogP contribution >= 0.6 is 0 Å². The molecule has 5 rings (SSSR count). The van der Waals surface area contributed by atoms with Gasteiger partial charge in [-0.05, 0) is 93.9 Å². The number of amides is 1. The molecule has 3 aromatic rings. The molecular formula is C30H39N5O3. The van der Waals surface area contributed by atoms with Crippen LogP contribution in [0.2, 0.25) is 0 Å². The first kappa shape index (κ1) is 26.2. The van der Waals surface area contributed by atoms with Crippen LogP contribution in [0.15, 0.2) is 59.1 Å². The smallest absolute Gasteiger partial charge is 0.324 e. The molecular weight excluding hydrogens is 478 g/mol. The SMILES string of the molecule is COc1ccc(-c2noc(N3CCC(C(=O)NCCCN4CCC(Cc5ccccc5)CC4)CC3)n2)cc1. The Kier molecular flexibility index (Phi) is 8.91. The lowest BCUT2D eigenvalue weighted by molar-refractivity contribution is -0.125. The second-order valence-electron chi connectivity index (χ2n) is 10.5. The first-order valence-electron chi connectivity index (χ1n) is 13.9. The molecule has 2 fully saturated rings. The maximum atomic E-state index is 12.7. The lowest BCUT2D eigenvalue weighted by Crippen LogP contribution is -2.41. The number of ether oxygens (including phenoxy) is 1. The van der Waals surface area contributed by atoms with E-state index in [1.165, 1.54) is 37.9 Å². The summed E-state index contributed by atoms with van der Waals surface area (Å²) in [5.41, 5.74) is 2.33. The number of anilines is 1. The molecule has 0 radical (unpaired) electrons. The van der Waals surface area contributed by atoms with E-state index < -0.39 is 0 Å². The third-order valence-corrected chi connectivity index (χ3v) is 7.92. The Morgan fingerprint density at radius 1 is 1.00 bits per heavy atom. The van der Waals surface area contributed by atoms with E-state index in [0.29, 0.717) is 11.8 Å². The van der Waals surface area contributed by atoms with Crippen molar-refractivity contribution in [2.24, 2.45) is 11.8 Å². The molecule has 8 heteroatoms. The van der Waals surface area contributed by atoms with Crippen molar-refractivity contribution < 1.29 is 14.1 Å². The summed E-state index contributed by atoms with van der Waals surface area (Å²) in [6.07, 6.45) is 6.31. The van der Waals surface area contributed by atoms with Crippen LogP contribution in [-0.4, -0.2) is 67.3 Å². The number of aromatic nitrogens is 2. The summed E-state index contributed by atoms with van der Waals surface area (Å²) in [5.74, 6) is 2.36. The van der Waals surface area contributed by atoms with E-state index >= 15 is 0 Å². The van der Waals surface area contributed by atoms with Gasteiger partial charge in [0.05, 0.1) is 7.11 Å². The molecule has 2 aliphatic rings. The normalized spacial score (nSPS) is 17.4. The van der Waals surface area contributed by atoms with E-state index in [1.54, 1.807) is 7.11 Å². The van der Waals surface area contributed by atoms with Gasteiger partial charge in [-0.2, -0.15) is 4.98 Å². The van der Waals surface area contributed by atoms with Crippen LogP contribution in [0.25, 0.3) is 11.4 Å². The molecule has 0 saturated carbocycles. The van der Waals surface area contributed by atoms with E-state index in [-0.39, 0.29) is 11.8 Å². The number of methoxy groups -OCH3 is 1. The zero-order valence-corrected chi connectivity index (χ0v) is 22.3. The van der Waals surface area contributed by atoms with E-state index in [9.17, 15) is 4.79 Å². The fourth-order valence-electron chi connectivity index (χ4n) is 5.55. The van der Waals surface area contributed by atoms with Crippen molar-refractivity contribution in [3.63, 3.8) is 0 Å². The first-order chi connectivity index (χ1) is 18.7. The van der Waals surface area contributed by atoms with Crippen LogP contribution in [0, 0.1) is 11.8 Å². The molecule has 1 aromatic heterocycles. The van der Waals surface area contributed by atoms with Crippen molar-refractivity contribution in [2.45, 2.75) is 38.5 Å². The van der Waals surface area contributed by atoms with E-state index in [0.717, 1.165) is 62.7 Å². The largest absolute Gasteiger partial charge is 0.497 e. The summed E-state index contributed by atoms with van der Waals surface area (Å²) >= 11 is 0. The highest BCUT2D eigenvalue weighted by Gasteiger charge is 2.27. The number of benzene rings is 2. The lowest BCUT2D eigenvalue weighted by atomic mass is 9.90. The Labute approximate surface area is 225 Å². The Bertz CT molecular complexity index is 1130. The highest BCUT2D eigenvalue weighted by atomic mass is 16.5. The van der Waals surface area contributed by atoms with Crippen LogP contribution < -0.4 is 15.0 Å². The molecule has 8 nitrogen and oxygen atoms in total. The van der Waals surface area contributed by atoms with Crippen molar-refractivity contribution in [2.75, 3.05) is 51.3 Å². The molecule has 202 valence electrons. The van der Waals surface area contributed by atoms with E-state index in [2.05, 4.69) is 55.6 Å². The number of piperidine rings is 2. The van der Waals surface area contributed by atoms with Crippen molar-refractivity contribution >= 4 is 11.9 Å². The minimum absolute atomic E-state index is 0.0453. The number of rotatable bonds is 10. The number of nitrogens with zero attached hydrogens (tertiary/aromatic N) is 4. The standard InChI is InChI=1S/C30H39N5O3/c1-37-27-10-8-25(9-11-27)28-32-30(38-33-28)35-20-14-26(15-21-35)29(36)31-16-5-17-34-18-12-24(13-19-34)22-23-6-3-2-4-7-23/h2-4,6-11,24,26H,5,12-22H2,1H3,(H,31,36). The maximum absolute atomic E-state index is 12.7. The Balaban J connectivity index is 0.970. The van der Waals surface area contributed by atoms with Crippen LogP contribution in [0.5, 0.6) is 5.75 Å². The van der Waals surface area contributed by atoms with Gasteiger partial charge in [-0.25, -0.2) is 0 Å². The summed E-state index contributed by atoms with van der Waals surface area (Å²) in [4.78, 5) is 21.9. The molecule has 2 saturated heterocycles. The Morgan fingerprint density at radius 3 is 2.45 bits per heavy atom. The van der Waals surface area contributed by atoms with E-state index in [4.69, 9.17) is 9.26 Å². The molecule has 1 amide bonds. The average Bonchev–Trinajstić information content (AvgIpc) is 3.47. The number of carbonyl (C=O) groups is 1. The fraction of sp³-hybridized carbons (Fsp3) is 0.500. The number of nitrogens with one attached hydrogen (secondary N) is 1. The highest BCUT2D eigenvalue weighted by molar-refractivity contribution is 5.78. The highest BCUT2D eigenvalue weighted by Crippen LogP contribution is 2.26. The topological polar surface area (TPSA) is 83.7 Å². The zero-order chi connectivity index (χ0) is 26.2. The molecule has 2 aromatic carbocycles. The van der Waals surface area contributed by atoms with Crippen LogP contribution in [0.3, 0.4) is 0 Å². The third kappa shape index (κ3) is 6.92. The molecule has 0 bridgehead atoms. The molecule has 0 spiro atoms. The van der Waals surface area contributed by atoms with Crippen molar-refractivity contribution in [3.05, 3.63) is 60.2 Å². The van der Waals surface area contributed by atoms with Gasteiger partial charge in [0.15, 0.2) is 0 Å². The van der Waals surface area contributed by atoms with Gasteiger partial charge in [0.2, 0.25) is 11.7 Å². The second kappa shape index (κ2) is 12.9. The minimum Gasteiger partial charge on any atom is -0.497 e. The molecule has 1 N–H and O–H groups in total. The van der Waals surface area contributed by atoms with Crippen molar-refractivity contribution in [1.82, 2.24) is 20.4 Å². The maximum Gasteiger partial charge on any atom is 0.324 e. The number of hydrogen-bond acceptors (Lipinski definition) is 7. The Morgan fingerprint density at radius 2 is 1.74 bits per heavy atom. The predicted octanol–water partition coefficient (Wildman–Crippen LogP) is 4.42. The summed E-state index contributed by atoms with van der Waals surface area (Å²) in [6, 6.07) is 18.9. The van der Waals surface area contributed by atoms with Gasteiger partial charge in [0, 0.05) is 31.1 Å². The van der Waals surface area contributed by atoms with Gasteiger partial charge < -0.3 is 24.4 Å². The van der Waals surface area contributed by atoms with Gasteiger partial charge in [-0.3, -0.25) is 4.79 Å². The summed E-state index contributed by atoms with van der Waals surface area (Å²) in [7, 11) is 1.64. The monoisotopic (exact) mass is 517 g/mol. The van der Waals surface area contributed by atoms with E-state index in [1.807, 2.05) is 24.3 Å². The minimum atomic E-state index is 0.0453. The van der Waals surface area contributed by atoms with Crippen LogP contribution in [0.4, 0.5) is 6.01 Å². The number of hydrogen-bond donors (Lipinski definition) is 1. The van der Waals surface area contributed by atoms with Crippen molar-refractivity contribution in [1.29, 1.82) is 0 Å². The first-order valence-corrected chi connectivity index (χ1v) is 13.9. The lowest BCUT2D eigenvalue weighted by Gasteiger charge is -2.32. The molecule has 0 aliphatic carbocycles. The quantitative estimate of drug-likeness (QED) is 0.399. The number of carbonyl (C=O) groups excluding carboxylic acids is 1. The molecule has 0 atom stereocenters. The zero-order valence-electron chi connectivity index (χ0n) is 22.3. The average molecular weight is 518 g/mol. The van der Waals surface area contributed by atoms with Gasteiger partial charge >= 0.3 is 6.01 Å². The van der Waals surface area contributed by atoms with Crippen LogP contribution in [-0.2, 0) is 11.2 Å². The van der Waals surface area contributed by atoms with Gasteiger partial charge in [-0.1, -0.05) is 35.5 Å². The number of likely N-dealkylation sites (tertiary alicyclic amines) is 1. The van der Waals surface area contributed by atoms with Gasteiger partial charge in [-0.15, -0.1) is 0 Å². The molecule has 2 aliphatic heterocycles. The Hall–Kier alpha value is -3.39. The van der Waals surface area contributed by atoms with Crippen molar-refractivity contribution in [3.8, 4) is 17.1 Å².